The highest BCUT2D eigenvalue weighted by Crippen LogP contribution is 2.31. The zero-order chi connectivity index (χ0) is 27.6. The van der Waals surface area contributed by atoms with E-state index in [1.807, 2.05) is 0 Å². The smallest absolute Gasteiger partial charge is 0.119 e. The molecule has 5 nitrogen and oxygen atoms in total. The summed E-state index contributed by atoms with van der Waals surface area (Å²) in [6.45, 7) is 6.60. The molecule has 0 aromatic heterocycles. The van der Waals surface area contributed by atoms with Crippen LogP contribution in [0.25, 0.3) is 0 Å². The van der Waals surface area contributed by atoms with E-state index in [1.54, 1.807) is 0 Å². The Morgan fingerprint density at radius 2 is 0.973 bits per heavy atom. The maximum atomic E-state index is 11.8. The van der Waals surface area contributed by atoms with E-state index < -0.39 is 30.5 Å². The number of ether oxygens (including phenoxy) is 1. The summed E-state index contributed by atoms with van der Waals surface area (Å²) in [7, 11) is 0. The monoisotopic (exact) mass is 530 g/mol. The van der Waals surface area contributed by atoms with Crippen molar-refractivity contribution in [3.8, 4) is 0 Å². The first-order valence-electron chi connectivity index (χ1n) is 16.3. The minimum Gasteiger partial charge on any atom is -0.394 e. The van der Waals surface area contributed by atoms with Crippen molar-refractivity contribution in [2.45, 2.75) is 192 Å². The van der Waals surface area contributed by atoms with Crippen LogP contribution < -0.4 is 0 Å². The fourth-order valence-electron chi connectivity index (χ4n) is 5.36. The van der Waals surface area contributed by atoms with E-state index >= 15 is 0 Å². The number of aliphatic hydroxyl groups excluding tert-OH is 3. The predicted molar refractivity (Wildman–Crippen MR) is 157 cm³/mol. The highest BCUT2D eigenvalue weighted by molar-refractivity contribution is 4.97. The van der Waals surface area contributed by atoms with E-state index in [2.05, 4.69) is 20.8 Å². The number of unbranched alkanes of at least 4 members (excludes halogenated alkanes) is 18. The lowest BCUT2D eigenvalue weighted by molar-refractivity contribution is -0.207. The van der Waals surface area contributed by atoms with Crippen LogP contribution in [0.15, 0.2) is 0 Å². The first-order valence-corrected chi connectivity index (χ1v) is 16.3. The summed E-state index contributed by atoms with van der Waals surface area (Å²) in [5.74, 6) is 0. The number of rotatable bonds is 29. The average molecular weight is 531 g/mol. The summed E-state index contributed by atoms with van der Waals surface area (Å²) < 4.78 is 6.07. The Morgan fingerprint density at radius 1 is 0.568 bits per heavy atom. The van der Waals surface area contributed by atoms with Crippen LogP contribution in [0.3, 0.4) is 0 Å². The van der Waals surface area contributed by atoms with Gasteiger partial charge in [-0.1, -0.05) is 149 Å². The van der Waals surface area contributed by atoms with E-state index in [0.717, 1.165) is 51.4 Å². The summed E-state index contributed by atoms with van der Waals surface area (Å²) in [4.78, 5) is 0. The SMILES string of the molecule is CCCCCCCCCOC(C(O)CO)C(O)(CCCCCCCCC)C(O)CCCCCCCCC. The standard InChI is InChI=1S/C32H66O5/c1-4-7-10-13-16-19-22-25-30(35)32(36,26-23-20-17-14-11-8-5-2)31(29(34)28-33)37-27-24-21-18-15-12-9-6-3/h29-31,33-36H,4-28H2,1-3H3. The second-order valence-corrected chi connectivity index (χ2v) is 11.5. The molecule has 0 fully saturated rings. The Labute approximate surface area is 230 Å². The molecule has 224 valence electrons. The fraction of sp³-hybridized carbons (Fsp3) is 1.00. The van der Waals surface area contributed by atoms with Gasteiger partial charge in [-0.05, 0) is 19.3 Å². The molecule has 0 aromatic rings. The first kappa shape index (κ1) is 36.8. The van der Waals surface area contributed by atoms with Gasteiger partial charge in [0.2, 0.25) is 0 Å². The Balaban J connectivity index is 4.95. The van der Waals surface area contributed by atoms with Crippen molar-refractivity contribution in [2.24, 2.45) is 0 Å². The molecule has 5 heteroatoms. The zero-order valence-electron chi connectivity index (χ0n) is 25.1. The van der Waals surface area contributed by atoms with Crippen LogP contribution in [0.5, 0.6) is 0 Å². The third-order valence-electron chi connectivity index (χ3n) is 7.91. The molecule has 0 bridgehead atoms. The Hall–Kier alpha value is -0.200. The average Bonchev–Trinajstić information content (AvgIpc) is 2.90. The number of aliphatic hydroxyl groups is 4. The molecule has 4 N–H and O–H groups in total. The largest absolute Gasteiger partial charge is 0.394 e. The molecule has 0 aliphatic carbocycles. The molecule has 0 aliphatic rings. The molecule has 4 unspecified atom stereocenters. The molecule has 0 radical (unpaired) electrons. The van der Waals surface area contributed by atoms with Crippen LogP contribution in [0.2, 0.25) is 0 Å². The molecular formula is C32H66O5. The summed E-state index contributed by atoms with van der Waals surface area (Å²) in [5, 5.41) is 43.4. The van der Waals surface area contributed by atoms with E-state index in [9.17, 15) is 20.4 Å². The minimum atomic E-state index is -1.55. The van der Waals surface area contributed by atoms with Gasteiger partial charge in [0.1, 0.15) is 17.8 Å². The molecule has 0 aromatic carbocycles. The highest BCUT2D eigenvalue weighted by Gasteiger charge is 2.46. The van der Waals surface area contributed by atoms with Crippen LogP contribution >= 0.6 is 0 Å². The summed E-state index contributed by atoms with van der Waals surface area (Å²) >= 11 is 0. The fourth-order valence-corrected chi connectivity index (χ4v) is 5.36. The summed E-state index contributed by atoms with van der Waals surface area (Å²) in [5.41, 5.74) is -1.55. The maximum absolute atomic E-state index is 11.8. The third kappa shape index (κ3) is 18.7. The Morgan fingerprint density at radius 3 is 1.43 bits per heavy atom. The second kappa shape index (κ2) is 26.0. The molecule has 0 heterocycles. The summed E-state index contributed by atoms with van der Waals surface area (Å²) in [6, 6.07) is 0. The molecule has 0 saturated carbocycles. The minimum absolute atomic E-state index is 0.386. The Kier molecular flexibility index (Phi) is 25.9. The Bertz CT molecular complexity index is 460. The van der Waals surface area contributed by atoms with Gasteiger partial charge in [-0.25, -0.2) is 0 Å². The second-order valence-electron chi connectivity index (χ2n) is 11.5. The third-order valence-corrected chi connectivity index (χ3v) is 7.91. The van der Waals surface area contributed by atoms with E-state index in [0.29, 0.717) is 19.4 Å². The van der Waals surface area contributed by atoms with Crippen LogP contribution in [0, 0.1) is 0 Å². The van der Waals surface area contributed by atoms with Gasteiger partial charge >= 0.3 is 0 Å². The quantitative estimate of drug-likeness (QED) is 0.0739. The van der Waals surface area contributed by atoms with Crippen LogP contribution in [0.1, 0.15) is 168 Å². The molecule has 4 atom stereocenters. The highest BCUT2D eigenvalue weighted by atomic mass is 16.5. The van der Waals surface area contributed by atoms with Gasteiger partial charge in [-0.15, -0.1) is 0 Å². The van der Waals surface area contributed by atoms with Crippen molar-refractivity contribution >= 4 is 0 Å². The number of hydrogen-bond acceptors (Lipinski definition) is 5. The maximum Gasteiger partial charge on any atom is 0.119 e. The van der Waals surface area contributed by atoms with Crippen molar-refractivity contribution in [1.29, 1.82) is 0 Å². The molecule has 0 spiro atoms. The molecule has 0 saturated heterocycles. The van der Waals surface area contributed by atoms with Crippen molar-refractivity contribution in [1.82, 2.24) is 0 Å². The molecule has 0 rings (SSSR count). The lowest BCUT2D eigenvalue weighted by Gasteiger charge is -2.41. The van der Waals surface area contributed by atoms with Gasteiger partial charge in [0.25, 0.3) is 0 Å². The topological polar surface area (TPSA) is 90.2 Å². The van der Waals surface area contributed by atoms with Crippen LogP contribution in [-0.2, 0) is 4.74 Å². The van der Waals surface area contributed by atoms with Gasteiger partial charge in [0.05, 0.1) is 12.7 Å². The van der Waals surface area contributed by atoms with Crippen LogP contribution in [0.4, 0.5) is 0 Å². The van der Waals surface area contributed by atoms with Crippen LogP contribution in [-0.4, -0.2) is 57.6 Å². The molecule has 0 aliphatic heterocycles. The van der Waals surface area contributed by atoms with E-state index in [1.165, 1.54) is 83.5 Å². The van der Waals surface area contributed by atoms with Crippen molar-refractivity contribution in [3.05, 3.63) is 0 Å². The summed E-state index contributed by atoms with van der Waals surface area (Å²) in [6.07, 6.45) is 21.7. The van der Waals surface area contributed by atoms with Gasteiger partial charge in [-0.3, -0.25) is 0 Å². The first-order chi connectivity index (χ1) is 18.0. The van der Waals surface area contributed by atoms with E-state index in [4.69, 9.17) is 4.74 Å². The number of hydrogen-bond donors (Lipinski definition) is 4. The molecule has 0 amide bonds. The van der Waals surface area contributed by atoms with E-state index in [-0.39, 0.29) is 0 Å². The van der Waals surface area contributed by atoms with Gasteiger partial charge in [0.15, 0.2) is 0 Å². The van der Waals surface area contributed by atoms with Gasteiger partial charge in [0, 0.05) is 6.61 Å². The van der Waals surface area contributed by atoms with Crippen molar-refractivity contribution < 1.29 is 25.2 Å². The van der Waals surface area contributed by atoms with Gasteiger partial charge < -0.3 is 25.2 Å². The lowest BCUT2D eigenvalue weighted by Crippen LogP contribution is -2.58. The zero-order valence-corrected chi connectivity index (χ0v) is 25.1. The molecule has 37 heavy (non-hydrogen) atoms. The lowest BCUT2D eigenvalue weighted by atomic mass is 9.80. The van der Waals surface area contributed by atoms with Crippen molar-refractivity contribution in [2.75, 3.05) is 13.2 Å². The predicted octanol–water partition coefficient (Wildman–Crippen LogP) is 7.85. The molecular weight excluding hydrogens is 464 g/mol. The normalized spacial score (nSPS) is 16.0. The van der Waals surface area contributed by atoms with Crippen molar-refractivity contribution in [3.63, 3.8) is 0 Å². The van der Waals surface area contributed by atoms with Gasteiger partial charge in [-0.2, -0.15) is 0 Å².